The van der Waals surface area contributed by atoms with Crippen molar-refractivity contribution in [3.05, 3.63) is 24.0 Å². The maximum Gasteiger partial charge on any atom is 0.241 e. The number of aromatic nitrogens is 1. The van der Waals surface area contributed by atoms with E-state index in [2.05, 4.69) is 4.98 Å². The molecule has 0 spiro atoms. The van der Waals surface area contributed by atoms with Crippen molar-refractivity contribution in [2.24, 2.45) is 11.7 Å². The van der Waals surface area contributed by atoms with Crippen LogP contribution in [0.4, 0.5) is 14.5 Å². The molecule has 1 saturated heterocycles. The normalized spacial score (nSPS) is 17.5. The van der Waals surface area contributed by atoms with Crippen LogP contribution in [0.1, 0.15) is 31.4 Å². The standard InChI is InChI=1S/C16H24F2N4O/c17-15(18)11-6-8-22(9-7-11)16(23)14(20)3-1-2-13-5-4-12(19)10-21-13/h4-5,10-11,14-15H,1-3,6-9,19-20H2/t14-/m0/s1. The first-order chi connectivity index (χ1) is 11.0. The highest BCUT2D eigenvalue weighted by Crippen LogP contribution is 2.24. The number of hydrogen-bond acceptors (Lipinski definition) is 4. The highest BCUT2D eigenvalue weighted by Gasteiger charge is 2.30. The van der Waals surface area contributed by atoms with Crippen LogP contribution in [0.15, 0.2) is 18.3 Å². The lowest BCUT2D eigenvalue weighted by Gasteiger charge is -2.33. The molecule has 0 aromatic carbocycles. The van der Waals surface area contributed by atoms with Crippen LogP contribution in [-0.2, 0) is 11.2 Å². The third kappa shape index (κ3) is 5.13. The molecule has 4 N–H and O–H groups in total. The van der Waals surface area contributed by atoms with E-state index in [9.17, 15) is 13.6 Å². The number of aryl methyl sites for hydroxylation is 1. The number of halogens is 2. The molecule has 1 atom stereocenters. The van der Waals surface area contributed by atoms with Crippen molar-refractivity contribution < 1.29 is 13.6 Å². The predicted octanol–water partition coefficient (Wildman–Crippen LogP) is 1.82. The Morgan fingerprint density at radius 2 is 2.04 bits per heavy atom. The van der Waals surface area contributed by atoms with Crippen molar-refractivity contribution in [3.8, 4) is 0 Å². The first-order valence-electron chi connectivity index (χ1n) is 8.00. The Morgan fingerprint density at radius 1 is 1.35 bits per heavy atom. The van der Waals surface area contributed by atoms with Crippen LogP contribution in [0.5, 0.6) is 0 Å². The number of nitrogens with zero attached hydrogens (tertiary/aromatic N) is 2. The highest BCUT2D eigenvalue weighted by atomic mass is 19.3. The number of nitrogens with two attached hydrogens (primary N) is 2. The van der Waals surface area contributed by atoms with Gasteiger partial charge in [-0.15, -0.1) is 0 Å². The van der Waals surface area contributed by atoms with Crippen molar-refractivity contribution in [1.29, 1.82) is 0 Å². The first-order valence-corrected chi connectivity index (χ1v) is 8.00. The van der Waals surface area contributed by atoms with Gasteiger partial charge in [0.05, 0.1) is 17.9 Å². The van der Waals surface area contributed by atoms with Gasteiger partial charge in [-0.3, -0.25) is 9.78 Å². The van der Waals surface area contributed by atoms with Gasteiger partial charge < -0.3 is 16.4 Å². The number of rotatable bonds is 6. The molecule has 0 radical (unpaired) electrons. The number of hydrogen-bond donors (Lipinski definition) is 2. The maximum absolute atomic E-state index is 12.6. The van der Waals surface area contributed by atoms with E-state index in [1.165, 1.54) is 0 Å². The summed E-state index contributed by atoms with van der Waals surface area (Å²) >= 11 is 0. The van der Waals surface area contributed by atoms with Gasteiger partial charge in [0.2, 0.25) is 12.3 Å². The summed E-state index contributed by atoms with van der Waals surface area (Å²) in [7, 11) is 0. The molecule has 0 aliphatic carbocycles. The number of piperidine rings is 1. The van der Waals surface area contributed by atoms with Crippen LogP contribution >= 0.6 is 0 Å². The van der Waals surface area contributed by atoms with E-state index < -0.39 is 18.4 Å². The van der Waals surface area contributed by atoms with Crippen LogP contribution in [-0.4, -0.2) is 41.3 Å². The van der Waals surface area contributed by atoms with Crippen molar-refractivity contribution in [3.63, 3.8) is 0 Å². The minimum absolute atomic E-state index is 0.136. The average Bonchev–Trinajstić information content (AvgIpc) is 2.56. The molecule has 1 amide bonds. The SMILES string of the molecule is Nc1ccc(CCC[C@H](N)C(=O)N2CCC(C(F)F)CC2)nc1. The molecular formula is C16H24F2N4O. The van der Waals surface area contributed by atoms with E-state index in [0.717, 1.165) is 18.5 Å². The first kappa shape index (κ1) is 17.6. The fourth-order valence-electron chi connectivity index (χ4n) is 2.82. The number of nitrogen functional groups attached to an aromatic ring is 1. The van der Waals surface area contributed by atoms with Gasteiger partial charge in [-0.05, 0) is 44.2 Å². The smallest absolute Gasteiger partial charge is 0.241 e. The number of carbonyl (C=O) groups excluding carboxylic acids is 1. The quantitative estimate of drug-likeness (QED) is 0.835. The maximum atomic E-state index is 12.6. The zero-order valence-corrected chi connectivity index (χ0v) is 13.1. The molecule has 0 saturated carbocycles. The summed E-state index contributed by atoms with van der Waals surface area (Å²) in [6.45, 7) is 0.752. The Bertz CT molecular complexity index is 501. The number of likely N-dealkylation sites (tertiary alicyclic amines) is 1. The van der Waals surface area contributed by atoms with E-state index in [1.807, 2.05) is 6.07 Å². The monoisotopic (exact) mass is 326 g/mol. The Kier molecular flexibility index (Phi) is 6.27. The molecule has 1 aliphatic heterocycles. The van der Waals surface area contributed by atoms with Gasteiger partial charge in [0, 0.05) is 24.7 Å². The van der Waals surface area contributed by atoms with E-state index in [0.29, 0.717) is 38.0 Å². The molecular weight excluding hydrogens is 302 g/mol. The number of pyridine rings is 1. The predicted molar refractivity (Wildman–Crippen MR) is 84.9 cm³/mol. The molecule has 1 aliphatic rings. The fourth-order valence-corrected chi connectivity index (χ4v) is 2.82. The Balaban J connectivity index is 1.72. The minimum Gasteiger partial charge on any atom is -0.397 e. The number of amides is 1. The second-order valence-corrected chi connectivity index (χ2v) is 6.08. The summed E-state index contributed by atoms with van der Waals surface area (Å²) in [6.07, 6.45) is 2.05. The van der Waals surface area contributed by atoms with E-state index in [-0.39, 0.29) is 5.91 Å². The van der Waals surface area contributed by atoms with Crippen LogP contribution in [0, 0.1) is 5.92 Å². The summed E-state index contributed by atoms with van der Waals surface area (Å²) in [4.78, 5) is 18.1. The summed E-state index contributed by atoms with van der Waals surface area (Å²) in [5.74, 6) is -0.727. The second-order valence-electron chi connectivity index (χ2n) is 6.08. The van der Waals surface area contributed by atoms with Gasteiger partial charge in [-0.25, -0.2) is 8.78 Å². The lowest BCUT2D eigenvalue weighted by molar-refractivity contribution is -0.135. The van der Waals surface area contributed by atoms with Crippen LogP contribution < -0.4 is 11.5 Å². The summed E-state index contributed by atoms with van der Waals surface area (Å²) in [5, 5.41) is 0. The van der Waals surface area contributed by atoms with Crippen molar-refractivity contribution in [1.82, 2.24) is 9.88 Å². The summed E-state index contributed by atoms with van der Waals surface area (Å²) < 4.78 is 25.2. The van der Waals surface area contributed by atoms with E-state index in [1.54, 1.807) is 17.2 Å². The molecule has 23 heavy (non-hydrogen) atoms. The topological polar surface area (TPSA) is 85.2 Å². The Morgan fingerprint density at radius 3 is 2.61 bits per heavy atom. The molecule has 1 fully saturated rings. The van der Waals surface area contributed by atoms with E-state index >= 15 is 0 Å². The fraction of sp³-hybridized carbons (Fsp3) is 0.625. The van der Waals surface area contributed by atoms with Gasteiger partial charge in [0.25, 0.3) is 0 Å². The Labute approximate surface area is 135 Å². The average molecular weight is 326 g/mol. The molecule has 0 unspecified atom stereocenters. The number of anilines is 1. The van der Waals surface area contributed by atoms with Gasteiger partial charge in [-0.1, -0.05) is 0 Å². The van der Waals surface area contributed by atoms with Gasteiger partial charge in [-0.2, -0.15) is 0 Å². The molecule has 2 rings (SSSR count). The van der Waals surface area contributed by atoms with Crippen LogP contribution in [0.2, 0.25) is 0 Å². The number of alkyl halides is 2. The lowest BCUT2D eigenvalue weighted by atomic mass is 9.96. The third-order valence-corrected chi connectivity index (χ3v) is 4.32. The zero-order valence-electron chi connectivity index (χ0n) is 13.1. The molecule has 128 valence electrons. The van der Waals surface area contributed by atoms with Crippen LogP contribution in [0.3, 0.4) is 0 Å². The van der Waals surface area contributed by atoms with Gasteiger partial charge >= 0.3 is 0 Å². The highest BCUT2D eigenvalue weighted by molar-refractivity contribution is 5.81. The zero-order chi connectivity index (χ0) is 16.8. The summed E-state index contributed by atoms with van der Waals surface area (Å²) in [6, 6.07) is 3.07. The molecule has 0 bridgehead atoms. The third-order valence-electron chi connectivity index (χ3n) is 4.32. The number of carbonyl (C=O) groups is 1. The molecule has 1 aromatic rings. The summed E-state index contributed by atoms with van der Waals surface area (Å²) in [5.41, 5.74) is 13.1. The molecule has 2 heterocycles. The molecule has 1 aromatic heterocycles. The molecule has 5 nitrogen and oxygen atoms in total. The van der Waals surface area contributed by atoms with E-state index in [4.69, 9.17) is 11.5 Å². The van der Waals surface area contributed by atoms with Crippen molar-refractivity contribution in [2.75, 3.05) is 18.8 Å². The van der Waals surface area contributed by atoms with Gasteiger partial charge in [0.1, 0.15) is 0 Å². The second kappa shape index (κ2) is 8.19. The van der Waals surface area contributed by atoms with Crippen molar-refractivity contribution >= 4 is 11.6 Å². The molecule has 7 heteroatoms. The Hall–Kier alpha value is -1.76. The lowest BCUT2D eigenvalue weighted by Crippen LogP contribution is -2.47. The largest absolute Gasteiger partial charge is 0.397 e. The van der Waals surface area contributed by atoms with Crippen molar-refractivity contribution in [2.45, 2.75) is 44.6 Å². The minimum atomic E-state index is -2.30. The van der Waals surface area contributed by atoms with Crippen LogP contribution in [0.25, 0.3) is 0 Å². The van der Waals surface area contributed by atoms with Gasteiger partial charge in [0.15, 0.2) is 0 Å².